The summed E-state index contributed by atoms with van der Waals surface area (Å²) in [7, 11) is 11.1. The van der Waals surface area contributed by atoms with Crippen molar-refractivity contribution in [2.24, 2.45) is 0 Å². The van der Waals surface area contributed by atoms with Gasteiger partial charge in [0, 0.05) is 374 Å². The summed E-state index contributed by atoms with van der Waals surface area (Å²) in [5, 5.41) is 25.1. The molecule has 0 unspecified atom stereocenters. The fourth-order valence-corrected chi connectivity index (χ4v) is 23.4. The van der Waals surface area contributed by atoms with Crippen LogP contribution in [0.25, 0.3) is 54.8 Å². The van der Waals surface area contributed by atoms with Crippen LogP contribution in [0.15, 0.2) is 61.3 Å². The summed E-state index contributed by atoms with van der Waals surface area (Å²) in [5.74, 6) is 0. The highest BCUT2D eigenvalue weighted by Crippen LogP contribution is 2.37. The Kier molecular flexibility index (Phi) is 29.2. The van der Waals surface area contributed by atoms with Crippen LogP contribution in [0.5, 0.6) is 0 Å². The van der Waals surface area contributed by atoms with Gasteiger partial charge in [0.1, 0.15) is 11.3 Å². The molecule has 20 heterocycles. The highest BCUT2D eigenvalue weighted by Gasteiger charge is 2.33. The van der Waals surface area contributed by atoms with Gasteiger partial charge in [0.15, 0.2) is 0 Å². The van der Waals surface area contributed by atoms with Gasteiger partial charge in [-0.1, -0.05) is 0 Å². The lowest BCUT2D eigenvalue weighted by Crippen LogP contribution is -2.54. The van der Waals surface area contributed by atoms with Crippen molar-refractivity contribution in [1.29, 1.82) is 0 Å². The second kappa shape index (κ2) is 40.1. The third-order valence-electron chi connectivity index (χ3n) is 28.6. The Balaban J connectivity index is 0.000000115. The molecule has 125 heavy (non-hydrogen) atoms. The van der Waals surface area contributed by atoms with Crippen molar-refractivity contribution >= 4 is 54.8 Å². The largest absolute Gasteiger partial charge is 0.342 e. The Morgan fingerprint density at radius 2 is 0.464 bits per heavy atom. The molecule has 10 aromatic rings. The molecule has 10 aliphatic heterocycles. The van der Waals surface area contributed by atoms with Crippen molar-refractivity contribution in [1.82, 2.24) is 123 Å². The SMILES string of the molecule is Cc1cc2c3c(n(CCN4C[C@@H](C)N[C@@H](C)C4)c2cn1)CCN(C)C3.Cc1cc2c3c(n(CCN4C[C@@H](C)N[C@@H](C)C4)c2cn1)CCN(C)C3.Cc1cc2c3c(n(CCN4C[C@@H](C)N[C@@H](C)C4)c2cn1)CCN(C)C3.Cc1cnc2c(c1)c1c(n2CCN2C[C@@H](C)N[C@@H](C)C2)CCN(C)C1.Cc1cnc2c(c1)c1c(n2CCN2C[C@@H](C)N[C@@H](C)C2)CCN(C)C1. The average Bonchev–Trinajstić information content (AvgIpc) is 1.63. The first-order chi connectivity index (χ1) is 60.0. The number of piperazine rings is 5. The van der Waals surface area contributed by atoms with Gasteiger partial charge < -0.3 is 73.9 Å². The molecule has 10 aliphatic rings. The van der Waals surface area contributed by atoms with Gasteiger partial charge in [-0.05, 0) is 208 Å². The van der Waals surface area contributed by atoms with E-state index < -0.39 is 0 Å². The first-order valence-corrected chi connectivity index (χ1v) is 48.2. The molecule has 0 saturated carbocycles. The van der Waals surface area contributed by atoms with Crippen molar-refractivity contribution in [2.45, 2.75) is 262 Å². The molecule has 20 rings (SSSR count). The minimum atomic E-state index is 0.577. The second-order valence-corrected chi connectivity index (χ2v) is 40.8. The molecule has 5 saturated heterocycles. The van der Waals surface area contributed by atoms with Gasteiger partial charge in [-0.15, -0.1) is 0 Å². The van der Waals surface area contributed by atoms with Crippen LogP contribution >= 0.6 is 0 Å². The van der Waals surface area contributed by atoms with Crippen molar-refractivity contribution in [3.8, 4) is 0 Å². The normalized spacial score (nSPS) is 25.4. The van der Waals surface area contributed by atoms with Crippen LogP contribution in [-0.4, -0.2) is 323 Å². The van der Waals surface area contributed by atoms with Crippen molar-refractivity contribution in [2.75, 3.05) is 166 Å². The molecule has 5 fully saturated rings. The van der Waals surface area contributed by atoms with Crippen LogP contribution in [0.2, 0.25) is 0 Å². The van der Waals surface area contributed by atoms with Crippen LogP contribution in [0.4, 0.5) is 0 Å². The van der Waals surface area contributed by atoms with Crippen LogP contribution in [0, 0.1) is 34.6 Å². The lowest BCUT2D eigenvalue weighted by atomic mass is 10.1. The maximum Gasteiger partial charge on any atom is 0.140 e. The molecule has 0 spiro atoms. The van der Waals surface area contributed by atoms with Crippen molar-refractivity contribution < 1.29 is 0 Å². The van der Waals surface area contributed by atoms with E-state index >= 15 is 0 Å². The molecule has 680 valence electrons. The Morgan fingerprint density at radius 3 is 0.696 bits per heavy atom. The van der Waals surface area contributed by atoms with Crippen molar-refractivity contribution in [3.05, 3.63) is 146 Å². The number of hydrogen-bond acceptors (Lipinski definition) is 20. The van der Waals surface area contributed by atoms with Gasteiger partial charge in [-0.25, -0.2) is 9.97 Å². The number of rotatable bonds is 15. The molecule has 10 atom stereocenters. The molecule has 0 radical (unpaired) electrons. The zero-order valence-corrected chi connectivity index (χ0v) is 80.2. The standard InChI is InChI=1S/5C20H31N5/c3*1-14-9-17-18-13-23(4)6-5-19(18)25(20(17)10-21-14)8-7-24-11-15(2)22-16(3)12-24;2*1-14-9-17-18-13-23(4)6-5-19(18)25(20(17)21-10-14)8-7-24-11-15(2)22-16(3)12-24/h5*9-10,15-16,22H,5-8,11-13H2,1-4H3/t5*15-,16+. The Morgan fingerprint density at radius 1 is 0.256 bits per heavy atom. The third kappa shape index (κ3) is 21.5. The van der Waals surface area contributed by atoms with E-state index in [1.54, 1.807) is 0 Å². The van der Waals surface area contributed by atoms with Gasteiger partial charge in [0.05, 0.1) is 35.1 Å². The van der Waals surface area contributed by atoms with E-state index in [4.69, 9.17) is 9.97 Å². The van der Waals surface area contributed by atoms with Crippen LogP contribution in [0.3, 0.4) is 0 Å². The van der Waals surface area contributed by atoms with E-state index in [0.29, 0.717) is 60.4 Å². The van der Waals surface area contributed by atoms with E-state index in [-0.39, 0.29) is 0 Å². The quantitative estimate of drug-likeness (QED) is 0.0653. The summed E-state index contributed by atoms with van der Waals surface area (Å²) < 4.78 is 12.7. The summed E-state index contributed by atoms with van der Waals surface area (Å²) in [6, 6.07) is 17.3. The van der Waals surface area contributed by atoms with Crippen molar-refractivity contribution in [3.63, 3.8) is 0 Å². The number of likely N-dealkylation sites (N-methyl/N-ethyl adjacent to an activating group) is 5. The maximum absolute atomic E-state index is 4.82. The summed E-state index contributed by atoms with van der Waals surface area (Å²) in [6.45, 7) is 66.8. The first-order valence-electron chi connectivity index (χ1n) is 48.2. The minimum Gasteiger partial charge on any atom is -0.342 e. The Labute approximate surface area is 747 Å². The number of fused-ring (bicyclic) bond motifs is 15. The molecular formula is C100H155N25. The zero-order chi connectivity index (χ0) is 87.8. The molecule has 5 N–H and O–H groups in total. The van der Waals surface area contributed by atoms with Gasteiger partial charge in [-0.2, -0.15) is 0 Å². The van der Waals surface area contributed by atoms with E-state index in [0.717, 1.165) is 246 Å². The van der Waals surface area contributed by atoms with Crippen LogP contribution < -0.4 is 26.6 Å². The fraction of sp³-hybridized carbons (Fsp3) is 0.650. The Bertz CT molecular complexity index is 4530. The first kappa shape index (κ1) is 91.2. The summed E-state index contributed by atoms with van der Waals surface area (Å²) >= 11 is 0. The molecule has 0 amide bonds. The molecule has 10 aromatic heterocycles. The number of aryl methyl sites for hydroxylation is 5. The third-order valence-corrected chi connectivity index (χ3v) is 28.6. The van der Waals surface area contributed by atoms with E-state index in [1.807, 2.05) is 12.4 Å². The van der Waals surface area contributed by atoms with E-state index in [9.17, 15) is 0 Å². The highest BCUT2D eigenvalue weighted by atomic mass is 15.3. The predicted octanol–water partition coefficient (Wildman–Crippen LogP) is 10.1. The van der Waals surface area contributed by atoms with Gasteiger partial charge >= 0.3 is 0 Å². The van der Waals surface area contributed by atoms with Gasteiger partial charge in [0.25, 0.3) is 0 Å². The van der Waals surface area contributed by atoms with Gasteiger partial charge in [-0.3, -0.25) is 39.5 Å². The average molecular weight is 1710 g/mol. The summed E-state index contributed by atoms with van der Waals surface area (Å²) in [4.78, 5) is 48.6. The molecule has 0 bridgehead atoms. The predicted molar refractivity (Wildman–Crippen MR) is 515 cm³/mol. The topological polar surface area (TPSA) is 182 Å². The maximum atomic E-state index is 4.82. The fourth-order valence-electron chi connectivity index (χ4n) is 23.4. The summed E-state index contributed by atoms with van der Waals surface area (Å²) in [5.41, 5.74) is 27.4. The Hall–Kier alpha value is -7.15. The highest BCUT2D eigenvalue weighted by molar-refractivity contribution is 5.88. The lowest BCUT2D eigenvalue weighted by molar-refractivity contribution is 0.168. The molecule has 25 nitrogen and oxygen atoms in total. The molecule has 25 heteroatoms. The van der Waals surface area contributed by atoms with E-state index in [1.165, 1.54) is 122 Å². The van der Waals surface area contributed by atoms with Crippen LogP contribution in [0.1, 0.15) is 154 Å². The number of hydrogen-bond donors (Lipinski definition) is 5. The summed E-state index contributed by atoms with van der Waals surface area (Å²) in [6.07, 6.45) is 16.0. The number of pyridine rings is 5. The molecule has 0 aromatic carbocycles. The second-order valence-electron chi connectivity index (χ2n) is 40.8. The number of nitrogens with zero attached hydrogens (tertiary/aromatic N) is 20. The number of nitrogens with one attached hydrogen (secondary N) is 5. The monoisotopic (exact) mass is 1710 g/mol. The van der Waals surface area contributed by atoms with E-state index in [2.05, 4.69) is 301 Å². The molecular weight excluding hydrogens is 1550 g/mol. The lowest BCUT2D eigenvalue weighted by Gasteiger charge is -2.36. The molecule has 0 aliphatic carbocycles. The zero-order valence-electron chi connectivity index (χ0n) is 80.2. The number of aromatic nitrogens is 10. The van der Waals surface area contributed by atoms with Gasteiger partial charge in [0.2, 0.25) is 0 Å². The van der Waals surface area contributed by atoms with Crippen LogP contribution in [-0.2, 0) is 97.6 Å². The smallest absolute Gasteiger partial charge is 0.140 e. The minimum absolute atomic E-state index is 0.577.